The first kappa shape index (κ1) is 18.1. The third-order valence-corrected chi connectivity index (χ3v) is 3.05. The zero-order chi connectivity index (χ0) is 16.9. The van der Waals surface area contributed by atoms with E-state index < -0.39 is 22.7 Å². The average Bonchev–Trinajstić information content (AvgIpc) is 2.44. The first-order valence-electron chi connectivity index (χ1n) is 6.34. The Morgan fingerprint density at radius 1 is 1.45 bits per heavy atom. The molecule has 0 aliphatic carbocycles. The van der Waals surface area contributed by atoms with Crippen molar-refractivity contribution in [3.05, 3.63) is 52.8 Å². The fourth-order valence-corrected chi connectivity index (χ4v) is 1.86. The van der Waals surface area contributed by atoms with E-state index in [2.05, 4.69) is 11.9 Å². The van der Waals surface area contributed by atoms with Crippen molar-refractivity contribution in [1.82, 2.24) is 0 Å². The lowest BCUT2D eigenvalue weighted by Gasteiger charge is -2.13. The summed E-state index contributed by atoms with van der Waals surface area (Å²) in [5.74, 6) is -0.316. The van der Waals surface area contributed by atoms with Gasteiger partial charge in [0, 0.05) is 5.69 Å². The highest BCUT2D eigenvalue weighted by Gasteiger charge is 2.33. The minimum atomic E-state index is -4.60. The number of amides is 1. The first-order chi connectivity index (χ1) is 10.2. The van der Waals surface area contributed by atoms with Crippen molar-refractivity contribution in [2.75, 3.05) is 11.9 Å². The van der Waals surface area contributed by atoms with Crippen LogP contribution in [0.15, 0.2) is 42.2 Å². The van der Waals surface area contributed by atoms with Gasteiger partial charge in [-0.25, -0.2) is 0 Å². The minimum Gasteiger partial charge on any atom is -0.493 e. The van der Waals surface area contributed by atoms with Crippen molar-refractivity contribution in [3.63, 3.8) is 0 Å². The maximum Gasteiger partial charge on any atom is 0.417 e. The van der Waals surface area contributed by atoms with Crippen LogP contribution in [0, 0.1) is 0 Å². The number of alkyl halides is 3. The number of hydrogen-bond donors (Lipinski definition) is 1. The van der Waals surface area contributed by atoms with Gasteiger partial charge in [0.1, 0.15) is 5.76 Å². The number of hydrogen-bond acceptors (Lipinski definition) is 2. The van der Waals surface area contributed by atoms with Gasteiger partial charge in [-0.3, -0.25) is 4.79 Å². The molecule has 0 aromatic heterocycles. The molecule has 0 saturated heterocycles. The Morgan fingerprint density at radius 2 is 2.09 bits per heavy atom. The number of rotatable bonds is 5. The van der Waals surface area contributed by atoms with E-state index >= 15 is 0 Å². The summed E-state index contributed by atoms with van der Waals surface area (Å²) in [5, 5.41) is 1.94. The Hall–Kier alpha value is -1.95. The molecule has 1 amide bonds. The van der Waals surface area contributed by atoms with Crippen LogP contribution in [0.1, 0.15) is 19.4 Å². The van der Waals surface area contributed by atoms with Gasteiger partial charge < -0.3 is 10.1 Å². The molecule has 0 bridgehead atoms. The normalized spacial score (nSPS) is 12.5. The van der Waals surface area contributed by atoms with E-state index in [0.29, 0.717) is 6.61 Å². The lowest BCUT2D eigenvalue weighted by Crippen LogP contribution is -2.16. The number of carbonyl (C=O) groups excluding carboxylic acids is 1. The number of benzene rings is 1. The molecule has 7 heteroatoms. The van der Waals surface area contributed by atoms with Crippen molar-refractivity contribution in [2.24, 2.45) is 0 Å². The fraction of sp³-hybridized carbons (Fsp3) is 0.267. The van der Waals surface area contributed by atoms with Crippen molar-refractivity contribution in [1.29, 1.82) is 0 Å². The zero-order valence-corrected chi connectivity index (χ0v) is 12.8. The summed E-state index contributed by atoms with van der Waals surface area (Å²) in [6.07, 6.45) is -3.23. The van der Waals surface area contributed by atoms with Crippen LogP contribution in [-0.4, -0.2) is 12.5 Å². The van der Waals surface area contributed by atoms with E-state index in [4.69, 9.17) is 16.3 Å². The Kier molecular flexibility index (Phi) is 6.05. The lowest BCUT2D eigenvalue weighted by molar-refractivity contribution is -0.137. The van der Waals surface area contributed by atoms with Crippen LogP contribution < -0.4 is 5.32 Å². The van der Waals surface area contributed by atoms with Crippen LogP contribution >= 0.6 is 11.6 Å². The average molecular weight is 334 g/mol. The van der Waals surface area contributed by atoms with Gasteiger partial charge >= 0.3 is 6.18 Å². The van der Waals surface area contributed by atoms with Crippen LogP contribution in [0.5, 0.6) is 0 Å². The molecule has 0 aliphatic rings. The van der Waals surface area contributed by atoms with Crippen LogP contribution in [0.3, 0.4) is 0 Å². The molecule has 0 unspecified atom stereocenters. The van der Waals surface area contributed by atoms with Crippen LogP contribution in [-0.2, 0) is 15.7 Å². The number of carbonyl (C=O) groups is 1. The molecule has 1 rings (SSSR count). The maximum atomic E-state index is 12.8. The smallest absolute Gasteiger partial charge is 0.417 e. The van der Waals surface area contributed by atoms with Crippen molar-refractivity contribution < 1.29 is 22.7 Å². The Morgan fingerprint density at radius 3 is 2.59 bits per heavy atom. The van der Waals surface area contributed by atoms with E-state index in [0.717, 1.165) is 12.1 Å². The number of anilines is 1. The monoisotopic (exact) mass is 333 g/mol. The predicted octanol–water partition coefficient (Wildman–Crippen LogP) is 4.79. The highest BCUT2D eigenvalue weighted by atomic mass is 35.5. The molecule has 1 aromatic rings. The second-order valence-corrected chi connectivity index (χ2v) is 4.68. The predicted molar refractivity (Wildman–Crippen MR) is 79.6 cm³/mol. The Labute approximate surface area is 131 Å². The SMILES string of the molecule is C=C/C(OCC)=C(\C)C(=O)Nc1ccc(Cl)c(C(F)(F)F)c1. The van der Waals surface area contributed by atoms with Crippen LogP contribution in [0.2, 0.25) is 5.02 Å². The molecule has 0 spiro atoms. The third-order valence-electron chi connectivity index (χ3n) is 2.73. The van der Waals surface area contributed by atoms with E-state index in [-0.39, 0.29) is 17.0 Å². The highest BCUT2D eigenvalue weighted by Crippen LogP contribution is 2.36. The van der Waals surface area contributed by atoms with Crippen molar-refractivity contribution >= 4 is 23.2 Å². The molecule has 22 heavy (non-hydrogen) atoms. The second kappa shape index (κ2) is 7.35. The topological polar surface area (TPSA) is 38.3 Å². The quantitative estimate of drug-likeness (QED) is 0.478. The van der Waals surface area contributed by atoms with Gasteiger partial charge in [-0.05, 0) is 38.1 Å². The standard InChI is InChI=1S/C15H15ClF3NO2/c1-4-13(22-5-2)9(3)14(21)20-10-6-7-12(16)11(8-10)15(17,18)19/h4,6-8H,1,5H2,2-3H3,(H,20,21)/b13-9-. The van der Waals surface area contributed by atoms with Gasteiger partial charge in [0.05, 0.1) is 22.8 Å². The van der Waals surface area contributed by atoms with Gasteiger partial charge in [-0.2, -0.15) is 13.2 Å². The molecule has 0 saturated carbocycles. The summed E-state index contributed by atoms with van der Waals surface area (Å²) in [6, 6.07) is 3.15. The van der Waals surface area contributed by atoms with Gasteiger partial charge in [0.15, 0.2) is 0 Å². The Bertz CT molecular complexity index is 609. The summed E-state index contributed by atoms with van der Waals surface area (Å²) >= 11 is 5.52. The molecule has 0 atom stereocenters. The number of ether oxygens (including phenoxy) is 1. The Balaban J connectivity index is 3.05. The number of nitrogens with one attached hydrogen (secondary N) is 1. The molecule has 120 valence electrons. The molecule has 0 heterocycles. The van der Waals surface area contributed by atoms with Gasteiger partial charge in [0.25, 0.3) is 5.91 Å². The van der Waals surface area contributed by atoms with E-state index in [9.17, 15) is 18.0 Å². The van der Waals surface area contributed by atoms with Gasteiger partial charge in [-0.15, -0.1) is 0 Å². The van der Waals surface area contributed by atoms with E-state index in [1.54, 1.807) is 6.92 Å². The van der Waals surface area contributed by atoms with Gasteiger partial charge in [-0.1, -0.05) is 18.2 Å². The molecule has 0 aliphatic heterocycles. The first-order valence-corrected chi connectivity index (χ1v) is 6.72. The molecule has 1 N–H and O–H groups in total. The van der Waals surface area contributed by atoms with E-state index in [1.165, 1.54) is 19.1 Å². The summed E-state index contributed by atoms with van der Waals surface area (Å²) < 4.78 is 43.5. The molecule has 0 fully saturated rings. The highest BCUT2D eigenvalue weighted by molar-refractivity contribution is 6.31. The maximum absolute atomic E-state index is 12.8. The van der Waals surface area contributed by atoms with Crippen LogP contribution in [0.25, 0.3) is 0 Å². The molecule has 1 aromatic carbocycles. The third kappa shape index (κ3) is 4.53. The van der Waals surface area contributed by atoms with E-state index in [1.807, 2.05) is 0 Å². The molecular formula is C15H15ClF3NO2. The zero-order valence-electron chi connectivity index (χ0n) is 12.1. The summed E-state index contributed by atoms with van der Waals surface area (Å²) in [7, 11) is 0. The summed E-state index contributed by atoms with van der Waals surface area (Å²) in [6.45, 7) is 7.09. The number of halogens is 4. The summed E-state index contributed by atoms with van der Waals surface area (Å²) in [5.41, 5.74) is -0.816. The molecule has 0 radical (unpaired) electrons. The van der Waals surface area contributed by atoms with Gasteiger partial charge in [0.2, 0.25) is 0 Å². The second-order valence-electron chi connectivity index (χ2n) is 4.27. The fourth-order valence-electron chi connectivity index (χ4n) is 1.63. The van der Waals surface area contributed by atoms with Crippen molar-refractivity contribution in [3.8, 4) is 0 Å². The lowest BCUT2D eigenvalue weighted by atomic mass is 10.1. The molecule has 3 nitrogen and oxygen atoms in total. The minimum absolute atomic E-state index is 0.0130. The van der Waals surface area contributed by atoms with Crippen LogP contribution in [0.4, 0.5) is 18.9 Å². The number of allylic oxidation sites excluding steroid dienone is 1. The van der Waals surface area contributed by atoms with Crippen molar-refractivity contribution in [2.45, 2.75) is 20.0 Å². The summed E-state index contributed by atoms with van der Waals surface area (Å²) in [4.78, 5) is 12.0. The largest absolute Gasteiger partial charge is 0.493 e. The molecular weight excluding hydrogens is 319 g/mol.